The molecule has 0 unspecified atom stereocenters. The van der Waals surface area contributed by atoms with Crippen LogP contribution in [-0.2, 0) is 16.7 Å². The first kappa shape index (κ1) is 18.7. The molecule has 0 aliphatic carbocycles. The average Bonchev–Trinajstić information content (AvgIpc) is 2.98. The number of rotatable bonds is 4. The second kappa shape index (κ2) is 7.40. The molecule has 3 aromatic rings. The first-order valence-corrected chi connectivity index (χ1v) is 11.4. The molecule has 2 heterocycles. The summed E-state index contributed by atoms with van der Waals surface area (Å²) in [6.45, 7) is 4.78. The summed E-state index contributed by atoms with van der Waals surface area (Å²) in [4.78, 5) is 2.54. The number of piperazine rings is 1. The van der Waals surface area contributed by atoms with E-state index in [9.17, 15) is 8.42 Å². The number of aryl methyl sites for hydroxylation is 1. The third-order valence-corrected chi connectivity index (χ3v) is 7.85. The third-order valence-electron chi connectivity index (χ3n) is 4.73. The van der Waals surface area contributed by atoms with Crippen molar-refractivity contribution in [1.82, 2.24) is 19.0 Å². The highest BCUT2D eigenvalue weighted by Crippen LogP contribution is 2.23. The van der Waals surface area contributed by atoms with Crippen molar-refractivity contribution in [1.29, 1.82) is 0 Å². The van der Waals surface area contributed by atoms with Gasteiger partial charge in [0.25, 0.3) is 0 Å². The van der Waals surface area contributed by atoms with Crippen LogP contribution >= 0.6 is 23.6 Å². The van der Waals surface area contributed by atoms with Crippen molar-refractivity contribution in [2.24, 2.45) is 0 Å². The summed E-state index contributed by atoms with van der Waals surface area (Å²) in [5.41, 5.74) is 0. The molecule has 0 amide bonds. The van der Waals surface area contributed by atoms with Crippen LogP contribution in [-0.4, -0.2) is 53.6 Å². The van der Waals surface area contributed by atoms with Crippen molar-refractivity contribution in [3.05, 3.63) is 51.4 Å². The summed E-state index contributed by atoms with van der Waals surface area (Å²) in [5, 5.41) is 7.32. The molecule has 0 saturated carbocycles. The Morgan fingerprint density at radius 1 is 1.07 bits per heavy atom. The first-order chi connectivity index (χ1) is 12.9. The van der Waals surface area contributed by atoms with Gasteiger partial charge in [-0.1, -0.05) is 41.7 Å². The maximum Gasteiger partial charge on any atom is 0.243 e. The highest BCUT2D eigenvalue weighted by atomic mass is 32.2. The number of benzene rings is 2. The molecule has 1 fully saturated rings. The van der Waals surface area contributed by atoms with Gasteiger partial charge in [-0.3, -0.25) is 4.90 Å². The minimum Gasteiger partial charge on any atom is -0.282 e. The summed E-state index contributed by atoms with van der Waals surface area (Å²) >= 11 is 6.81. The Hall–Kier alpha value is -1.65. The van der Waals surface area contributed by atoms with E-state index in [-0.39, 0.29) is 0 Å². The van der Waals surface area contributed by atoms with E-state index in [1.165, 1.54) is 11.3 Å². The number of hydrogen-bond acceptors (Lipinski definition) is 6. The van der Waals surface area contributed by atoms with Gasteiger partial charge in [0.05, 0.1) is 11.6 Å². The fourth-order valence-electron chi connectivity index (χ4n) is 3.28. The van der Waals surface area contributed by atoms with Crippen LogP contribution in [0.15, 0.2) is 47.4 Å². The van der Waals surface area contributed by atoms with Gasteiger partial charge in [0.2, 0.25) is 10.0 Å². The Bertz CT molecular complexity index is 1130. The minimum atomic E-state index is -3.49. The molecule has 6 nitrogen and oxygen atoms in total. The van der Waals surface area contributed by atoms with Crippen molar-refractivity contribution >= 4 is 44.4 Å². The van der Waals surface area contributed by atoms with E-state index < -0.39 is 10.0 Å². The molecule has 142 valence electrons. The molecule has 9 heteroatoms. The van der Waals surface area contributed by atoms with Gasteiger partial charge < -0.3 is 0 Å². The average molecular weight is 421 g/mol. The summed E-state index contributed by atoms with van der Waals surface area (Å²) in [6.07, 6.45) is 0. The maximum absolute atomic E-state index is 13.0. The molecule has 1 aromatic heterocycles. The molecule has 0 atom stereocenters. The lowest BCUT2D eigenvalue weighted by atomic mass is 10.1. The standard InChI is InChI=1S/C18H20N4O2S3/c1-14-19-22(18(25)26-14)13-20-8-10-21(11-9-20)27(23,24)17-7-6-15-4-2-3-5-16(15)12-17/h2-7,12H,8-11,13H2,1H3. The molecular formula is C18H20N4O2S3. The van der Waals surface area contributed by atoms with Crippen molar-refractivity contribution in [2.45, 2.75) is 18.5 Å². The van der Waals surface area contributed by atoms with Gasteiger partial charge in [0, 0.05) is 26.2 Å². The molecule has 0 spiro atoms. The third kappa shape index (κ3) is 3.83. The fraction of sp³-hybridized carbons (Fsp3) is 0.333. The van der Waals surface area contributed by atoms with Gasteiger partial charge in [-0.15, -0.1) is 0 Å². The molecule has 0 bridgehead atoms. The molecular weight excluding hydrogens is 400 g/mol. The van der Waals surface area contributed by atoms with Gasteiger partial charge in [-0.25, -0.2) is 13.1 Å². The van der Waals surface area contributed by atoms with E-state index in [4.69, 9.17) is 12.2 Å². The van der Waals surface area contributed by atoms with Crippen LogP contribution in [0.4, 0.5) is 0 Å². The lowest BCUT2D eigenvalue weighted by Gasteiger charge is -2.33. The van der Waals surface area contributed by atoms with Crippen LogP contribution in [0.3, 0.4) is 0 Å². The van der Waals surface area contributed by atoms with E-state index in [0.29, 0.717) is 37.7 Å². The topological polar surface area (TPSA) is 58.4 Å². The van der Waals surface area contributed by atoms with E-state index in [1.54, 1.807) is 16.4 Å². The summed E-state index contributed by atoms with van der Waals surface area (Å²) < 4.78 is 30.2. The SMILES string of the molecule is Cc1nn(CN2CCN(S(=O)(=O)c3ccc4ccccc4c3)CC2)c(=S)s1. The van der Waals surface area contributed by atoms with Crippen LogP contribution in [0.25, 0.3) is 10.8 Å². The van der Waals surface area contributed by atoms with Gasteiger partial charge in [-0.2, -0.15) is 9.40 Å². The first-order valence-electron chi connectivity index (χ1n) is 8.69. The summed E-state index contributed by atoms with van der Waals surface area (Å²) in [6, 6.07) is 13.1. The van der Waals surface area contributed by atoms with Gasteiger partial charge >= 0.3 is 0 Å². The van der Waals surface area contributed by atoms with E-state index in [2.05, 4.69) is 10.00 Å². The van der Waals surface area contributed by atoms with E-state index in [1.807, 2.05) is 41.9 Å². The van der Waals surface area contributed by atoms with Crippen LogP contribution in [0.2, 0.25) is 0 Å². The Morgan fingerprint density at radius 2 is 1.78 bits per heavy atom. The van der Waals surface area contributed by atoms with E-state index in [0.717, 1.165) is 19.7 Å². The van der Waals surface area contributed by atoms with E-state index >= 15 is 0 Å². The molecule has 1 aliphatic rings. The molecule has 1 saturated heterocycles. The lowest BCUT2D eigenvalue weighted by molar-refractivity contribution is 0.145. The number of aromatic nitrogens is 2. The van der Waals surface area contributed by atoms with Crippen LogP contribution in [0.5, 0.6) is 0 Å². The smallest absolute Gasteiger partial charge is 0.243 e. The summed E-state index contributed by atoms with van der Waals surface area (Å²) in [5.74, 6) is 0. The predicted molar refractivity (Wildman–Crippen MR) is 110 cm³/mol. The zero-order valence-corrected chi connectivity index (χ0v) is 17.4. The quantitative estimate of drug-likeness (QED) is 0.607. The Balaban J connectivity index is 1.47. The van der Waals surface area contributed by atoms with Gasteiger partial charge in [0.1, 0.15) is 5.01 Å². The maximum atomic E-state index is 13.0. The van der Waals surface area contributed by atoms with Crippen molar-refractivity contribution in [3.63, 3.8) is 0 Å². The Morgan fingerprint density at radius 3 is 2.44 bits per heavy atom. The zero-order chi connectivity index (χ0) is 19.0. The summed E-state index contributed by atoms with van der Waals surface area (Å²) in [7, 11) is -3.49. The molecule has 4 rings (SSSR count). The van der Waals surface area contributed by atoms with Crippen LogP contribution in [0, 0.1) is 10.9 Å². The predicted octanol–water partition coefficient (Wildman–Crippen LogP) is 3.10. The molecule has 0 radical (unpaired) electrons. The van der Waals surface area contributed by atoms with Crippen LogP contribution in [0.1, 0.15) is 5.01 Å². The van der Waals surface area contributed by atoms with Gasteiger partial charge in [-0.05, 0) is 42.0 Å². The Labute approximate surface area is 167 Å². The normalized spacial score (nSPS) is 16.8. The lowest BCUT2D eigenvalue weighted by Crippen LogP contribution is -2.48. The molecule has 0 N–H and O–H groups in total. The van der Waals surface area contributed by atoms with Crippen molar-refractivity contribution < 1.29 is 8.42 Å². The second-order valence-electron chi connectivity index (χ2n) is 6.56. The fourth-order valence-corrected chi connectivity index (χ4v) is 5.79. The van der Waals surface area contributed by atoms with Crippen molar-refractivity contribution in [3.8, 4) is 0 Å². The van der Waals surface area contributed by atoms with Crippen molar-refractivity contribution in [2.75, 3.05) is 26.2 Å². The molecule has 1 aliphatic heterocycles. The zero-order valence-electron chi connectivity index (χ0n) is 14.9. The second-order valence-corrected chi connectivity index (χ2v) is 10.3. The highest BCUT2D eigenvalue weighted by Gasteiger charge is 2.28. The number of fused-ring (bicyclic) bond motifs is 1. The highest BCUT2D eigenvalue weighted by molar-refractivity contribution is 7.89. The monoisotopic (exact) mass is 420 g/mol. The van der Waals surface area contributed by atoms with Crippen LogP contribution < -0.4 is 0 Å². The van der Waals surface area contributed by atoms with Gasteiger partial charge in [0.15, 0.2) is 3.95 Å². The largest absolute Gasteiger partial charge is 0.282 e. The number of nitrogens with zero attached hydrogens (tertiary/aromatic N) is 4. The molecule has 2 aromatic carbocycles. The number of sulfonamides is 1. The number of hydrogen-bond donors (Lipinski definition) is 0. The minimum absolute atomic E-state index is 0.354. The Kier molecular flexibility index (Phi) is 5.13. The molecule has 27 heavy (non-hydrogen) atoms.